The molecule has 1 aliphatic carbocycles. The molecule has 2 aromatic carbocycles. The van der Waals surface area contributed by atoms with Crippen molar-refractivity contribution in [3.05, 3.63) is 75.6 Å². The number of nitrogens with one attached hydrogen (secondary N) is 2. The number of benzene rings is 2. The van der Waals surface area contributed by atoms with Crippen molar-refractivity contribution < 1.29 is 38.1 Å². The Morgan fingerprint density at radius 3 is 2.67 bits per heavy atom. The zero-order valence-corrected chi connectivity index (χ0v) is 24.2. The highest BCUT2D eigenvalue weighted by atomic mass is 35.5. The van der Waals surface area contributed by atoms with Gasteiger partial charge in [0.15, 0.2) is 6.23 Å². The lowest BCUT2D eigenvalue weighted by Crippen LogP contribution is -2.45. The van der Waals surface area contributed by atoms with E-state index in [2.05, 4.69) is 5.09 Å². The number of H-pyrrole nitrogens is 1. The lowest BCUT2D eigenvalue weighted by atomic mass is 10.1. The molecule has 1 aromatic heterocycles. The van der Waals surface area contributed by atoms with E-state index in [1.807, 2.05) is 23.2 Å². The molecular formula is C27H31ClN3O10P. The van der Waals surface area contributed by atoms with Crippen molar-refractivity contribution in [2.24, 2.45) is 0 Å². The summed E-state index contributed by atoms with van der Waals surface area (Å²) in [7, 11) is -4.41. The maximum absolute atomic E-state index is 14.2. The number of aliphatic hydroxyl groups is 2. The van der Waals surface area contributed by atoms with Crippen LogP contribution in [0.15, 0.2) is 64.3 Å². The van der Waals surface area contributed by atoms with Crippen LogP contribution in [0.2, 0.25) is 0 Å². The predicted molar refractivity (Wildman–Crippen MR) is 151 cm³/mol. The van der Waals surface area contributed by atoms with E-state index in [-0.39, 0.29) is 11.9 Å². The molecule has 1 saturated heterocycles. The van der Waals surface area contributed by atoms with Crippen molar-refractivity contribution in [1.29, 1.82) is 0 Å². The van der Waals surface area contributed by atoms with Gasteiger partial charge < -0.3 is 24.2 Å². The van der Waals surface area contributed by atoms with Gasteiger partial charge in [-0.15, -0.1) is 0 Å². The number of rotatable bonds is 10. The number of aromatic nitrogens is 2. The summed E-state index contributed by atoms with van der Waals surface area (Å²) in [5.41, 5.74) is -1.63. The second kappa shape index (κ2) is 12.3. The molecule has 1 aliphatic heterocycles. The maximum Gasteiger partial charge on any atom is 0.459 e. The molecule has 4 N–H and O–H groups in total. The topological polar surface area (TPSA) is 178 Å². The molecular weight excluding hydrogens is 593 g/mol. The third kappa shape index (κ3) is 6.47. The third-order valence-corrected chi connectivity index (χ3v) is 9.23. The Hall–Kier alpha value is -3.03. The molecule has 6 atom stereocenters. The molecule has 2 heterocycles. The van der Waals surface area contributed by atoms with Crippen LogP contribution >= 0.6 is 19.3 Å². The van der Waals surface area contributed by atoms with Gasteiger partial charge in [-0.1, -0.05) is 48.0 Å². The van der Waals surface area contributed by atoms with Crippen LogP contribution in [0.3, 0.4) is 0 Å². The number of aromatic amines is 1. The molecule has 3 aromatic rings. The smallest absolute Gasteiger partial charge is 0.459 e. The molecule has 0 radical (unpaired) electrons. The van der Waals surface area contributed by atoms with Gasteiger partial charge in [-0.25, -0.2) is 9.36 Å². The van der Waals surface area contributed by atoms with Gasteiger partial charge in [0.25, 0.3) is 5.56 Å². The number of hydrogen-bond donors (Lipinski definition) is 4. The number of hydrogen-bond acceptors (Lipinski definition) is 10. The second-order valence-corrected chi connectivity index (χ2v) is 12.6. The standard InChI is InChI=1S/C27H31ClN3O10P/c1-16(24(34)39-18-9-3-4-10-18)30-42(37,41-20-12-6-8-17-7-2-5-11-19(17)20)38-15-21-23(33)27(28,36)25(40-21)31-14-13-22(32)29-26(31)35/h2,5-8,11-14,16,18,21,23,25,33,36H,3-4,9-10,15H2,1H3,(H,30,37)(H,29,32,35)/t16-,21+,23+,25+,27+,42?/m0/s1. The molecule has 0 amide bonds. The van der Waals surface area contributed by atoms with Crippen molar-refractivity contribution >= 4 is 36.1 Å². The van der Waals surface area contributed by atoms with Gasteiger partial charge in [0.1, 0.15) is 30.1 Å². The first kappa shape index (κ1) is 30.4. The Morgan fingerprint density at radius 1 is 1.21 bits per heavy atom. The molecule has 1 unspecified atom stereocenters. The highest BCUT2D eigenvalue weighted by Gasteiger charge is 2.56. The Bertz CT molecular complexity index is 1600. The van der Waals surface area contributed by atoms with Crippen LogP contribution in [-0.2, 0) is 23.4 Å². The number of halogens is 1. The molecule has 15 heteroatoms. The third-order valence-electron chi connectivity index (χ3n) is 7.19. The van der Waals surface area contributed by atoms with Crippen LogP contribution in [0.4, 0.5) is 0 Å². The highest BCUT2D eigenvalue weighted by Crippen LogP contribution is 2.49. The Morgan fingerprint density at radius 2 is 1.93 bits per heavy atom. The van der Waals surface area contributed by atoms with E-state index >= 15 is 0 Å². The van der Waals surface area contributed by atoms with Gasteiger partial charge in [0, 0.05) is 17.6 Å². The summed E-state index contributed by atoms with van der Waals surface area (Å²) in [6.45, 7) is 0.807. The Labute approximate surface area is 244 Å². The number of nitrogens with zero attached hydrogens (tertiary/aromatic N) is 1. The van der Waals surface area contributed by atoms with Crippen LogP contribution in [0.1, 0.15) is 38.8 Å². The van der Waals surface area contributed by atoms with Crippen molar-refractivity contribution in [3.63, 3.8) is 0 Å². The van der Waals surface area contributed by atoms with E-state index in [0.717, 1.165) is 47.9 Å². The lowest BCUT2D eigenvalue weighted by Gasteiger charge is -2.26. The van der Waals surface area contributed by atoms with E-state index < -0.39 is 61.1 Å². The van der Waals surface area contributed by atoms with Crippen molar-refractivity contribution in [2.45, 2.75) is 68.2 Å². The fraction of sp³-hybridized carbons (Fsp3) is 0.444. The van der Waals surface area contributed by atoms with Crippen LogP contribution in [0.25, 0.3) is 10.8 Å². The number of fused-ring (bicyclic) bond motifs is 1. The molecule has 2 aliphatic rings. The molecule has 0 bridgehead atoms. The van der Waals surface area contributed by atoms with E-state index in [9.17, 15) is 29.2 Å². The molecule has 1 saturated carbocycles. The van der Waals surface area contributed by atoms with E-state index in [4.69, 9.17) is 30.1 Å². The Kier molecular flexibility index (Phi) is 8.91. The average Bonchev–Trinajstić information content (AvgIpc) is 3.54. The summed E-state index contributed by atoms with van der Waals surface area (Å²) in [6, 6.07) is 12.2. The van der Waals surface area contributed by atoms with Gasteiger partial charge in [-0.2, -0.15) is 5.09 Å². The predicted octanol–water partition coefficient (Wildman–Crippen LogP) is 2.54. The summed E-state index contributed by atoms with van der Waals surface area (Å²) in [5, 5.41) is 23.0. The average molecular weight is 624 g/mol. The van der Waals surface area contributed by atoms with Crippen molar-refractivity contribution in [2.75, 3.05) is 6.61 Å². The summed E-state index contributed by atoms with van der Waals surface area (Å²) in [4.78, 5) is 38.6. The van der Waals surface area contributed by atoms with Crippen LogP contribution in [-0.4, -0.2) is 61.8 Å². The number of aliphatic hydroxyl groups excluding tert-OH is 1. The maximum atomic E-state index is 14.2. The zero-order chi connectivity index (χ0) is 30.1. The molecule has 42 heavy (non-hydrogen) atoms. The van der Waals surface area contributed by atoms with Gasteiger partial charge in [0.2, 0.25) is 5.06 Å². The number of esters is 1. The lowest BCUT2D eigenvalue weighted by molar-refractivity contribution is -0.150. The fourth-order valence-corrected chi connectivity index (χ4v) is 6.79. The molecule has 2 fully saturated rings. The SMILES string of the molecule is C[C@H](NP(=O)(OC[C@H]1O[C@@H](n2ccc(=O)[nH]c2=O)[C@@](O)(Cl)[C@@H]1O)Oc1cccc2ccccc12)C(=O)OC1CCCC1. The monoisotopic (exact) mass is 623 g/mol. The van der Waals surface area contributed by atoms with Crippen molar-refractivity contribution in [3.8, 4) is 5.75 Å². The van der Waals surface area contributed by atoms with Crippen LogP contribution < -0.4 is 20.9 Å². The fourth-order valence-electron chi connectivity index (χ4n) is 4.97. The normalized spacial score (nSPS) is 26.6. The van der Waals surface area contributed by atoms with Gasteiger partial charge >= 0.3 is 19.4 Å². The summed E-state index contributed by atoms with van der Waals surface area (Å²) in [5.74, 6) is -0.447. The first-order valence-electron chi connectivity index (χ1n) is 13.4. The van der Waals surface area contributed by atoms with Crippen molar-refractivity contribution in [1.82, 2.24) is 14.6 Å². The minimum Gasteiger partial charge on any atom is -0.461 e. The minimum atomic E-state index is -4.41. The highest BCUT2D eigenvalue weighted by molar-refractivity contribution is 7.52. The summed E-state index contributed by atoms with van der Waals surface area (Å²) < 4.78 is 37.7. The van der Waals surface area contributed by atoms with Gasteiger partial charge in [-0.05, 0) is 44.1 Å². The first-order valence-corrected chi connectivity index (χ1v) is 15.4. The summed E-state index contributed by atoms with van der Waals surface area (Å²) in [6.07, 6.45) is -0.669. The Balaban J connectivity index is 1.38. The van der Waals surface area contributed by atoms with E-state index in [0.29, 0.717) is 5.39 Å². The number of alkyl halides is 1. The van der Waals surface area contributed by atoms with Gasteiger partial charge in [0.05, 0.1) is 6.61 Å². The van der Waals surface area contributed by atoms with Crippen LogP contribution in [0, 0.1) is 0 Å². The second-order valence-electron chi connectivity index (χ2n) is 10.3. The number of carbonyl (C=O) groups is 1. The summed E-state index contributed by atoms with van der Waals surface area (Å²) >= 11 is 6.17. The molecule has 0 spiro atoms. The number of carbonyl (C=O) groups excluding carboxylic acids is 1. The van der Waals surface area contributed by atoms with E-state index in [1.165, 1.54) is 6.92 Å². The zero-order valence-electron chi connectivity index (χ0n) is 22.6. The minimum absolute atomic E-state index is 0.194. The van der Waals surface area contributed by atoms with E-state index in [1.54, 1.807) is 24.3 Å². The van der Waals surface area contributed by atoms with Gasteiger partial charge in [-0.3, -0.25) is 23.7 Å². The molecule has 226 valence electrons. The largest absolute Gasteiger partial charge is 0.461 e. The quantitative estimate of drug-likeness (QED) is 0.148. The number of ether oxygens (including phenoxy) is 2. The van der Waals surface area contributed by atoms with Crippen LogP contribution in [0.5, 0.6) is 5.75 Å². The first-order chi connectivity index (χ1) is 20.0. The molecule has 13 nitrogen and oxygen atoms in total. The molecule has 5 rings (SSSR count).